The van der Waals surface area contributed by atoms with Crippen molar-refractivity contribution in [3.63, 3.8) is 0 Å². The van der Waals surface area contributed by atoms with Crippen LogP contribution in [0.2, 0.25) is 0 Å². The van der Waals surface area contributed by atoms with E-state index >= 15 is 0 Å². The van der Waals surface area contributed by atoms with Gasteiger partial charge in [0.25, 0.3) is 11.8 Å². The maximum atomic E-state index is 13.0. The average molecular weight is 844 g/mol. The number of hydrogen-bond acceptors (Lipinski definition) is 11. The molecular weight excluding hydrogens is 787 g/mol. The number of carbonyl (C=O) groups is 4. The van der Waals surface area contributed by atoms with Gasteiger partial charge in [-0.3, -0.25) is 29.1 Å². The molecule has 3 N–H and O–H groups in total. The zero-order valence-corrected chi connectivity index (χ0v) is 35.6. The number of nitrogens with zero attached hydrogens (tertiary/aromatic N) is 9. The van der Waals surface area contributed by atoms with Crippen molar-refractivity contribution in [2.24, 2.45) is 18.7 Å². The van der Waals surface area contributed by atoms with Crippen LogP contribution >= 0.6 is 0 Å². The zero-order chi connectivity index (χ0) is 42.9. The number of benzene rings is 2. The van der Waals surface area contributed by atoms with E-state index in [9.17, 15) is 24.0 Å². The maximum Gasteiger partial charge on any atom is 0.346 e. The van der Waals surface area contributed by atoms with Gasteiger partial charge in [0.05, 0.1) is 11.9 Å². The van der Waals surface area contributed by atoms with Crippen LogP contribution in [0, 0.1) is 5.92 Å². The summed E-state index contributed by atoms with van der Waals surface area (Å²) in [5.74, 6) is 1.23. The number of rotatable bonds is 11. The molecule has 326 valence electrons. The molecule has 9 rings (SSSR count). The van der Waals surface area contributed by atoms with E-state index in [-0.39, 0.29) is 42.1 Å². The standard InChI is InChI=1S/C46H57N11O5/c1-52-44(51-57(46(52)62)38-14-15-40(58)50-45(38)61)34-10-12-35(13-11-34)54-24-16-31(17-25-54)28-53-22-18-33(19-23-53)32-8-6-30(7-9-32)26-37-42(43(47)60)48-27-39(49-37)55-20-2-4-36(29-55)56-21-3-5-41(56)59/h6-13,27,31,33,36,38H,2-5,14-26,28-29H2,1H3,(H2,47,60)(H,50,58,61)/t36-,38?/m0/s1. The number of piperidine rings is 4. The van der Waals surface area contributed by atoms with Crippen LogP contribution in [0.1, 0.15) is 103 Å². The summed E-state index contributed by atoms with van der Waals surface area (Å²) in [4.78, 5) is 80.6. The molecule has 0 radical (unpaired) electrons. The Kier molecular flexibility index (Phi) is 11.9. The molecule has 16 heteroatoms. The Morgan fingerprint density at radius 2 is 1.58 bits per heavy atom. The van der Waals surface area contributed by atoms with Crippen LogP contribution < -0.4 is 26.5 Å². The molecule has 0 aliphatic carbocycles. The number of imide groups is 1. The lowest BCUT2D eigenvalue weighted by Gasteiger charge is -2.38. The van der Waals surface area contributed by atoms with Crippen molar-refractivity contribution in [1.29, 1.82) is 0 Å². The molecule has 2 aromatic carbocycles. The van der Waals surface area contributed by atoms with Gasteiger partial charge >= 0.3 is 5.69 Å². The van der Waals surface area contributed by atoms with Gasteiger partial charge in [-0.05, 0) is 112 Å². The molecule has 5 saturated heterocycles. The molecule has 0 saturated carbocycles. The van der Waals surface area contributed by atoms with Crippen LogP contribution in [0.25, 0.3) is 11.4 Å². The number of primary amides is 1. The van der Waals surface area contributed by atoms with E-state index in [0.717, 1.165) is 120 Å². The number of hydrogen-bond donors (Lipinski definition) is 2. The highest BCUT2D eigenvalue weighted by atomic mass is 16.2. The molecular formula is C46H57N11O5. The Morgan fingerprint density at radius 1 is 0.823 bits per heavy atom. The first kappa shape index (κ1) is 41.5. The minimum absolute atomic E-state index is 0.179. The van der Waals surface area contributed by atoms with Gasteiger partial charge in [-0.25, -0.2) is 19.4 Å². The lowest BCUT2D eigenvalue weighted by atomic mass is 9.87. The molecule has 5 fully saturated rings. The van der Waals surface area contributed by atoms with Gasteiger partial charge in [0, 0.05) is 82.9 Å². The molecule has 2 atom stereocenters. The second kappa shape index (κ2) is 17.8. The van der Waals surface area contributed by atoms with Crippen LogP contribution in [-0.2, 0) is 27.9 Å². The van der Waals surface area contributed by atoms with E-state index in [4.69, 9.17) is 10.7 Å². The van der Waals surface area contributed by atoms with E-state index in [0.29, 0.717) is 36.2 Å². The normalized spacial score (nSPS) is 22.1. The molecule has 0 bridgehead atoms. The van der Waals surface area contributed by atoms with Crippen molar-refractivity contribution in [3.05, 3.63) is 87.7 Å². The monoisotopic (exact) mass is 843 g/mol. The molecule has 4 aromatic rings. The lowest BCUT2D eigenvalue weighted by molar-refractivity contribution is -0.136. The minimum atomic E-state index is -0.793. The number of anilines is 2. The molecule has 4 amide bonds. The summed E-state index contributed by atoms with van der Waals surface area (Å²) in [6, 6.07) is 16.3. The van der Waals surface area contributed by atoms with E-state index in [1.807, 2.05) is 17.0 Å². The topological polar surface area (TPSA) is 185 Å². The molecule has 62 heavy (non-hydrogen) atoms. The molecule has 16 nitrogen and oxygen atoms in total. The summed E-state index contributed by atoms with van der Waals surface area (Å²) in [6.45, 7) is 7.67. The van der Waals surface area contributed by atoms with Crippen molar-refractivity contribution < 1.29 is 19.2 Å². The van der Waals surface area contributed by atoms with Crippen molar-refractivity contribution in [2.75, 3.05) is 62.2 Å². The molecule has 5 aliphatic rings. The largest absolute Gasteiger partial charge is 0.372 e. The third kappa shape index (κ3) is 8.74. The van der Waals surface area contributed by atoms with E-state index < -0.39 is 17.9 Å². The quantitative estimate of drug-likeness (QED) is 0.211. The third-order valence-electron chi connectivity index (χ3n) is 13.9. The first-order chi connectivity index (χ1) is 30.1. The number of carbonyl (C=O) groups excluding carboxylic acids is 4. The number of nitrogens with one attached hydrogen (secondary N) is 1. The SMILES string of the molecule is Cn1c(-c2ccc(N3CCC(CN4CCC(c5ccc(Cc6nc(N7CCC[C@H](N8CCCC8=O)C7)cnc6C(N)=O)cc5)CC4)CC3)cc2)nn(C2CCC(=O)NC2=O)c1=O. The van der Waals surface area contributed by atoms with Crippen LogP contribution in [0.15, 0.2) is 59.5 Å². The Balaban J connectivity index is 0.744. The fraction of sp³-hybridized carbons (Fsp3) is 0.522. The maximum absolute atomic E-state index is 13.0. The highest BCUT2D eigenvalue weighted by molar-refractivity contribution is 5.99. The van der Waals surface area contributed by atoms with Crippen LogP contribution in [0.5, 0.6) is 0 Å². The number of nitrogens with two attached hydrogens (primary N) is 1. The lowest BCUT2D eigenvalue weighted by Crippen LogP contribution is -2.48. The van der Waals surface area contributed by atoms with Crippen molar-refractivity contribution >= 4 is 35.1 Å². The Morgan fingerprint density at radius 3 is 2.27 bits per heavy atom. The molecule has 5 aliphatic heterocycles. The van der Waals surface area contributed by atoms with E-state index in [1.54, 1.807) is 13.2 Å². The smallest absolute Gasteiger partial charge is 0.346 e. The summed E-state index contributed by atoms with van der Waals surface area (Å²) in [5, 5.41) is 6.82. The summed E-state index contributed by atoms with van der Waals surface area (Å²) >= 11 is 0. The van der Waals surface area contributed by atoms with Crippen molar-refractivity contribution in [1.82, 2.24) is 39.4 Å². The van der Waals surface area contributed by atoms with Crippen LogP contribution in [0.3, 0.4) is 0 Å². The molecule has 1 unspecified atom stereocenters. The van der Waals surface area contributed by atoms with Crippen LogP contribution in [0.4, 0.5) is 11.5 Å². The Bertz CT molecular complexity index is 2360. The van der Waals surface area contributed by atoms with Gasteiger partial charge in [-0.1, -0.05) is 24.3 Å². The summed E-state index contributed by atoms with van der Waals surface area (Å²) < 4.78 is 2.65. The fourth-order valence-corrected chi connectivity index (χ4v) is 10.3. The van der Waals surface area contributed by atoms with E-state index in [1.165, 1.54) is 14.8 Å². The van der Waals surface area contributed by atoms with Gasteiger partial charge in [0.15, 0.2) is 5.82 Å². The zero-order valence-electron chi connectivity index (χ0n) is 35.6. The average Bonchev–Trinajstić information content (AvgIpc) is 3.85. The van der Waals surface area contributed by atoms with Gasteiger partial charge in [0.1, 0.15) is 17.6 Å². The molecule has 0 spiro atoms. The first-order valence-electron chi connectivity index (χ1n) is 22.4. The highest BCUT2D eigenvalue weighted by Gasteiger charge is 2.34. The van der Waals surface area contributed by atoms with Crippen LogP contribution in [-0.4, -0.2) is 116 Å². The third-order valence-corrected chi connectivity index (χ3v) is 13.9. The number of aromatic nitrogens is 5. The minimum Gasteiger partial charge on any atom is -0.372 e. The highest BCUT2D eigenvalue weighted by Crippen LogP contribution is 2.32. The number of amides is 4. The summed E-state index contributed by atoms with van der Waals surface area (Å²) in [5.41, 5.74) is 10.5. The van der Waals surface area contributed by atoms with Gasteiger partial charge in [-0.2, -0.15) is 0 Å². The summed E-state index contributed by atoms with van der Waals surface area (Å²) in [7, 11) is 1.65. The van der Waals surface area contributed by atoms with Gasteiger partial charge < -0.3 is 25.3 Å². The first-order valence-corrected chi connectivity index (χ1v) is 22.4. The number of likely N-dealkylation sites (tertiary alicyclic amines) is 2. The molecule has 2 aromatic heterocycles. The second-order valence-corrected chi connectivity index (χ2v) is 17.9. The van der Waals surface area contributed by atoms with Crippen molar-refractivity contribution in [3.8, 4) is 11.4 Å². The summed E-state index contributed by atoms with van der Waals surface area (Å²) in [6.07, 6.45) is 10.6. The predicted octanol–water partition coefficient (Wildman–Crippen LogP) is 3.39. The van der Waals surface area contributed by atoms with Gasteiger partial charge in [-0.15, -0.1) is 5.10 Å². The second-order valence-electron chi connectivity index (χ2n) is 17.9. The molecule has 7 heterocycles. The van der Waals surface area contributed by atoms with Crippen molar-refractivity contribution in [2.45, 2.75) is 88.6 Å². The predicted molar refractivity (Wildman–Crippen MR) is 234 cm³/mol. The van der Waals surface area contributed by atoms with E-state index in [2.05, 4.69) is 66.5 Å². The van der Waals surface area contributed by atoms with Gasteiger partial charge in [0.2, 0.25) is 11.8 Å². The fourth-order valence-electron chi connectivity index (χ4n) is 10.3. The Hall–Kier alpha value is -5.90. The Labute approximate surface area is 361 Å².